The van der Waals surface area contributed by atoms with Crippen LogP contribution in [0, 0.1) is 0 Å². The summed E-state index contributed by atoms with van der Waals surface area (Å²) in [6.45, 7) is 5.78. The molecule has 8 atom stereocenters. The third-order valence-electron chi connectivity index (χ3n) is 15.2. The van der Waals surface area contributed by atoms with Gasteiger partial charge in [-0.15, -0.1) is 0 Å². The van der Waals surface area contributed by atoms with Gasteiger partial charge in [0.05, 0.1) is 25.4 Å². The van der Waals surface area contributed by atoms with Gasteiger partial charge < -0.3 is 45.1 Å². The fourth-order valence-electron chi connectivity index (χ4n) is 10.1. The summed E-state index contributed by atoms with van der Waals surface area (Å²) in [5, 5.41) is 57.0. The number of esters is 1. The molecule has 11 heteroatoms. The summed E-state index contributed by atoms with van der Waals surface area (Å²) in [5.74, 6) is -1.19. The highest BCUT2D eigenvalue weighted by Crippen LogP contribution is 2.26. The normalized spacial score (nSPS) is 19.3. The number of hydrogen-bond donors (Lipinski definition) is 6. The first-order valence-electron chi connectivity index (χ1n) is 32.4. The average molecular weight is 1090 g/mol. The fourth-order valence-corrected chi connectivity index (χ4v) is 10.1. The van der Waals surface area contributed by atoms with Crippen LogP contribution in [0.2, 0.25) is 0 Å². The zero-order chi connectivity index (χ0) is 56.1. The second-order valence-electron chi connectivity index (χ2n) is 22.5. The van der Waals surface area contributed by atoms with Crippen molar-refractivity contribution in [3.05, 3.63) is 48.6 Å². The Morgan fingerprint density at radius 1 is 0.506 bits per heavy atom. The highest BCUT2D eigenvalue weighted by atomic mass is 16.7. The molecule has 77 heavy (non-hydrogen) atoms. The maximum absolute atomic E-state index is 13.4. The Labute approximate surface area is 472 Å². The van der Waals surface area contributed by atoms with Crippen LogP contribution in [-0.2, 0) is 23.8 Å². The Morgan fingerprint density at radius 2 is 0.896 bits per heavy atom. The number of carbonyl (C=O) groups excluding carboxylic acids is 2. The zero-order valence-corrected chi connectivity index (χ0v) is 49.8. The number of carbonyl (C=O) groups is 2. The number of nitrogens with one attached hydrogen (secondary N) is 1. The maximum Gasteiger partial charge on any atom is 0.306 e. The summed E-state index contributed by atoms with van der Waals surface area (Å²) in [6.07, 6.45) is 55.7. The number of unbranched alkanes of at least 4 members (excludes halogenated alkanes) is 35. The fraction of sp³-hybridized carbons (Fsp3) is 0.848. The molecule has 1 heterocycles. The smallest absolute Gasteiger partial charge is 0.306 e. The van der Waals surface area contributed by atoms with E-state index in [-0.39, 0.29) is 13.0 Å². The summed E-state index contributed by atoms with van der Waals surface area (Å²) in [5.41, 5.74) is 0. The molecule has 11 nitrogen and oxygen atoms in total. The quantitative estimate of drug-likeness (QED) is 0.0195. The summed E-state index contributed by atoms with van der Waals surface area (Å²) in [4.78, 5) is 26.6. The molecule has 1 saturated heterocycles. The molecule has 6 N–H and O–H groups in total. The van der Waals surface area contributed by atoms with Crippen molar-refractivity contribution in [2.75, 3.05) is 13.2 Å². The molecule has 0 saturated carbocycles. The SMILES string of the molecule is CCCCC/C=C\C/C=C\C/C=C\CCCCCCCCCCCCC(=O)OC1C(OCC(NC(=O)C(O)CCCCCCCCCCCCCCC)C(O)/C=C/CCCCCCCCCCCC)OC(CO)C(O)C1O. The second kappa shape index (κ2) is 54.2. The lowest BCUT2D eigenvalue weighted by Crippen LogP contribution is -2.61. The molecule has 8 unspecified atom stereocenters. The molecule has 0 aromatic heterocycles. The van der Waals surface area contributed by atoms with E-state index < -0.39 is 67.4 Å². The zero-order valence-electron chi connectivity index (χ0n) is 49.8. The second-order valence-corrected chi connectivity index (χ2v) is 22.5. The monoisotopic (exact) mass is 1090 g/mol. The van der Waals surface area contributed by atoms with E-state index in [9.17, 15) is 35.1 Å². The topological polar surface area (TPSA) is 175 Å². The number of allylic oxidation sites excluding steroid dienone is 7. The first kappa shape index (κ1) is 72.6. The van der Waals surface area contributed by atoms with Crippen LogP contribution in [-0.4, -0.2) is 99.6 Å². The van der Waals surface area contributed by atoms with Crippen molar-refractivity contribution in [3.8, 4) is 0 Å². The Balaban J connectivity index is 2.61. The minimum absolute atomic E-state index is 0.120. The van der Waals surface area contributed by atoms with Gasteiger partial charge in [0, 0.05) is 6.42 Å². The lowest BCUT2D eigenvalue weighted by molar-refractivity contribution is -0.305. The Kier molecular flexibility index (Phi) is 51.1. The molecular weight excluding hydrogens is 967 g/mol. The summed E-state index contributed by atoms with van der Waals surface area (Å²) in [7, 11) is 0. The van der Waals surface area contributed by atoms with Crippen LogP contribution in [0.4, 0.5) is 0 Å². The van der Waals surface area contributed by atoms with E-state index in [4.69, 9.17) is 14.2 Å². The molecule has 1 amide bonds. The van der Waals surface area contributed by atoms with Gasteiger partial charge in [-0.3, -0.25) is 9.59 Å². The number of aliphatic hydroxyl groups excluding tert-OH is 5. The predicted molar refractivity (Wildman–Crippen MR) is 320 cm³/mol. The van der Waals surface area contributed by atoms with Crippen LogP contribution in [0.1, 0.15) is 297 Å². The Morgan fingerprint density at radius 3 is 1.36 bits per heavy atom. The Bertz CT molecular complexity index is 1440. The van der Waals surface area contributed by atoms with Crippen LogP contribution in [0.5, 0.6) is 0 Å². The van der Waals surface area contributed by atoms with Crippen molar-refractivity contribution >= 4 is 11.9 Å². The van der Waals surface area contributed by atoms with E-state index in [1.807, 2.05) is 6.08 Å². The predicted octanol–water partition coefficient (Wildman–Crippen LogP) is 15.6. The lowest BCUT2D eigenvalue weighted by Gasteiger charge is -2.41. The molecule has 1 aliphatic heterocycles. The molecule has 1 aliphatic rings. The molecular formula is C66H121NO10. The minimum atomic E-state index is -1.61. The average Bonchev–Trinajstić information content (AvgIpc) is 3.43. The maximum atomic E-state index is 13.4. The van der Waals surface area contributed by atoms with E-state index in [0.29, 0.717) is 19.3 Å². The van der Waals surface area contributed by atoms with Crippen LogP contribution in [0.15, 0.2) is 48.6 Å². The van der Waals surface area contributed by atoms with Gasteiger partial charge in [0.25, 0.3) is 0 Å². The van der Waals surface area contributed by atoms with Crippen molar-refractivity contribution in [1.82, 2.24) is 5.32 Å². The number of rotatable bonds is 55. The van der Waals surface area contributed by atoms with E-state index in [0.717, 1.165) is 77.0 Å². The van der Waals surface area contributed by atoms with Crippen LogP contribution < -0.4 is 5.32 Å². The van der Waals surface area contributed by atoms with Gasteiger partial charge in [-0.25, -0.2) is 0 Å². The van der Waals surface area contributed by atoms with Crippen LogP contribution in [0.25, 0.3) is 0 Å². The highest BCUT2D eigenvalue weighted by Gasteiger charge is 2.47. The van der Waals surface area contributed by atoms with E-state index in [1.54, 1.807) is 6.08 Å². The van der Waals surface area contributed by atoms with Crippen molar-refractivity contribution in [3.63, 3.8) is 0 Å². The van der Waals surface area contributed by atoms with Gasteiger partial charge in [-0.05, 0) is 64.2 Å². The van der Waals surface area contributed by atoms with Gasteiger partial charge in [-0.2, -0.15) is 0 Å². The first-order chi connectivity index (χ1) is 37.7. The molecule has 0 bridgehead atoms. The van der Waals surface area contributed by atoms with Gasteiger partial charge in [0.2, 0.25) is 5.91 Å². The summed E-state index contributed by atoms with van der Waals surface area (Å²) >= 11 is 0. The molecule has 0 aromatic carbocycles. The van der Waals surface area contributed by atoms with E-state index in [2.05, 4.69) is 62.5 Å². The number of amides is 1. The third-order valence-corrected chi connectivity index (χ3v) is 15.2. The van der Waals surface area contributed by atoms with Gasteiger partial charge in [-0.1, -0.05) is 275 Å². The van der Waals surface area contributed by atoms with Gasteiger partial charge in [0.15, 0.2) is 12.4 Å². The largest absolute Gasteiger partial charge is 0.454 e. The van der Waals surface area contributed by atoms with E-state index in [1.165, 1.54) is 173 Å². The van der Waals surface area contributed by atoms with Gasteiger partial charge >= 0.3 is 5.97 Å². The molecule has 1 rings (SSSR count). The first-order valence-corrected chi connectivity index (χ1v) is 32.4. The Hall–Kier alpha value is -2.38. The molecule has 0 aliphatic carbocycles. The van der Waals surface area contributed by atoms with Crippen molar-refractivity contribution in [2.24, 2.45) is 0 Å². The molecule has 0 radical (unpaired) electrons. The molecule has 0 spiro atoms. The lowest BCUT2D eigenvalue weighted by atomic mass is 9.99. The van der Waals surface area contributed by atoms with Crippen molar-refractivity contribution < 1.29 is 49.3 Å². The summed E-state index contributed by atoms with van der Waals surface area (Å²) < 4.78 is 17.6. The van der Waals surface area contributed by atoms with Crippen LogP contribution >= 0.6 is 0 Å². The number of hydrogen-bond acceptors (Lipinski definition) is 10. The molecule has 1 fully saturated rings. The van der Waals surface area contributed by atoms with Crippen molar-refractivity contribution in [2.45, 2.75) is 346 Å². The standard InChI is InChI=1S/C66H121NO10/c1-4-7-10-13-16-19-22-25-26-27-28-29-30-31-32-33-34-36-39-42-45-48-51-54-61(71)77-64-63(73)62(72)60(55-68)76-66(64)75-56-57(58(69)52-49-46-43-40-37-24-21-18-15-12-9-6-3)67-65(74)59(70)53-50-47-44-41-38-35-23-20-17-14-11-8-5-2/h16,19,25-26,28-29,49,52,57-60,62-64,66,68-70,72-73H,4-15,17-18,20-24,27,30-48,50-51,53-56H2,1-3H3,(H,67,74)/b19-16-,26-25-,29-28-,52-49+. The highest BCUT2D eigenvalue weighted by molar-refractivity contribution is 5.80. The molecule has 0 aromatic rings. The van der Waals surface area contributed by atoms with E-state index >= 15 is 0 Å². The summed E-state index contributed by atoms with van der Waals surface area (Å²) in [6, 6.07) is -1.02. The van der Waals surface area contributed by atoms with Crippen molar-refractivity contribution in [1.29, 1.82) is 0 Å². The number of ether oxygens (including phenoxy) is 3. The van der Waals surface area contributed by atoms with Gasteiger partial charge in [0.1, 0.15) is 24.4 Å². The number of aliphatic hydroxyl groups is 5. The van der Waals surface area contributed by atoms with Crippen LogP contribution in [0.3, 0.4) is 0 Å². The minimum Gasteiger partial charge on any atom is -0.454 e. The third kappa shape index (κ3) is 42.2. The molecule has 450 valence electrons.